The van der Waals surface area contributed by atoms with Crippen molar-refractivity contribution in [2.24, 2.45) is 5.92 Å². The molecule has 4 nitrogen and oxygen atoms in total. The molecule has 1 atom stereocenters. The Bertz CT molecular complexity index is 187. The average molecular weight is 141 g/mol. The number of carbonyl (C=O) groups is 3. The van der Waals surface area contributed by atoms with Crippen molar-refractivity contribution in [2.75, 3.05) is 0 Å². The number of aldehydes is 1. The van der Waals surface area contributed by atoms with Gasteiger partial charge >= 0.3 is 0 Å². The van der Waals surface area contributed by atoms with Gasteiger partial charge in [-0.25, -0.2) is 0 Å². The molecule has 0 aromatic rings. The van der Waals surface area contributed by atoms with E-state index in [0.717, 1.165) is 0 Å². The maximum atomic E-state index is 10.7. The Balaban J connectivity index is 2.59. The van der Waals surface area contributed by atoms with Gasteiger partial charge in [0.15, 0.2) is 0 Å². The highest BCUT2D eigenvalue weighted by atomic mass is 16.2. The molecule has 2 amide bonds. The van der Waals surface area contributed by atoms with Crippen LogP contribution in [0.15, 0.2) is 0 Å². The molecule has 0 radical (unpaired) electrons. The van der Waals surface area contributed by atoms with Crippen LogP contribution in [0.2, 0.25) is 0 Å². The first-order valence-electron chi connectivity index (χ1n) is 3.03. The van der Waals surface area contributed by atoms with Crippen molar-refractivity contribution < 1.29 is 14.4 Å². The van der Waals surface area contributed by atoms with E-state index in [4.69, 9.17) is 0 Å². The molecule has 1 aliphatic rings. The summed E-state index contributed by atoms with van der Waals surface area (Å²) in [6.07, 6.45) is 1.20. The zero-order valence-electron chi connectivity index (χ0n) is 5.29. The van der Waals surface area contributed by atoms with Crippen LogP contribution in [0.4, 0.5) is 0 Å². The third kappa shape index (κ3) is 1.21. The first-order valence-corrected chi connectivity index (χ1v) is 3.03. The minimum Gasteiger partial charge on any atom is -0.303 e. The molecule has 10 heavy (non-hydrogen) atoms. The fourth-order valence-electron chi connectivity index (χ4n) is 0.840. The van der Waals surface area contributed by atoms with E-state index < -0.39 is 11.8 Å². The Morgan fingerprint density at radius 1 is 1.50 bits per heavy atom. The molecular formula is C6H7NO3. The van der Waals surface area contributed by atoms with Gasteiger partial charge in [0, 0.05) is 6.42 Å². The highest BCUT2D eigenvalue weighted by Crippen LogP contribution is 2.08. The van der Waals surface area contributed by atoms with Gasteiger partial charge in [-0.1, -0.05) is 0 Å². The van der Waals surface area contributed by atoms with Gasteiger partial charge in [-0.2, -0.15) is 0 Å². The van der Waals surface area contributed by atoms with Crippen LogP contribution in [0, 0.1) is 5.92 Å². The minimum atomic E-state index is -0.613. The summed E-state index contributed by atoms with van der Waals surface area (Å²) in [5, 5.41) is 2.07. The highest BCUT2D eigenvalue weighted by molar-refractivity contribution is 6.04. The van der Waals surface area contributed by atoms with E-state index in [-0.39, 0.29) is 12.3 Å². The normalized spacial score (nSPS) is 25.8. The summed E-state index contributed by atoms with van der Waals surface area (Å²) in [7, 11) is 0. The molecule has 0 aliphatic carbocycles. The Morgan fingerprint density at radius 2 is 2.20 bits per heavy atom. The summed E-state index contributed by atoms with van der Waals surface area (Å²) in [5.74, 6) is -1.37. The van der Waals surface area contributed by atoms with Gasteiger partial charge < -0.3 is 4.79 Å². The molecule has 0 bridgehead atoms. The van der Waals surface area contributed by atoms with E-state index in [0.29, 0.717) is 12.7 Å². The zero-order valence-corrected chi connectivity index (χ0v) is 5.29. The topological polar surface area (TPSA) is 63.2 Å². The van der Waals surface area contributed by atoms with Crippen molar-refractivity contribution in [1.29, 1.82) is 0 Å². The Labute approximate surface area is 57.6 Å². The van der Waals surface area contributed by atoms with Crippen LogP contribution in [0.5, 0.6) is 0 Å². The number of nitrogens with one attached hydrogen (secondary N) is 1. The lowest BCUT2D eigenvalue weighted by Crippen LogP contribution is -2.41. The molecule has 1 heterocycles. The lowest BCUT2D eigenvalue weighted by atomic mass is 10.0. The molecule has 54 valence electrons. The SMILES string of the molecule is O=CC1CCC(=O)NC1=O. The molecule has 1 fully saturated rings. The Hall–Kier alpha value is -1.19. The maximum absolute atomic E-state index is 10.7. The molecular weight excluding hydrogens is 134 g/mol. The van der Waals surface area contributed by atoms with E-state index >= 15 is 0 Å². The van der Waals surface area contributed by atoms with Gasteiger partial charge in [0.05, 0.1) is 5.92 Å². The largest absolute Gasteiger partial charge is 0.303 e. The van der Waals surface area contributed by atoms with Crippen molar-refractivity contribution in [3.63, 3.8) is 0 Å². The van der Waals surface area contributed by atoms with Gasteiger partial charge in [0.25, 0.3) is 0 Å². The van der Waals surface area contributed by atoms with Gasteiger partial charge in [0.2, 0.25) is 11.8 Å². The van der Waals surface area contributed by atoms with Crippen LogP contribution >= 0.6 is 0 Å². The smallest absolute Gasteiger partial charge is 0.236 e. The quantitative estimate of drug-likeness (QED) is 0.296. The van der Waals surface area contributed by atoms with Crippen molar-refractivity contribution >= 4 is 18.1 Å². The lowest BCUT2D eigenvalue weighted by Gasteiger charge is -2.14. The van der Waals surface area contributed by atoms with Gasteiger partial charge in [-0.05, 0) is 6.42 Å². The van der Waals surface area contributed by atoms with E-state index in [2.05, 4.69) is 5.32 Å². The number of rotatable bonds is 1. The molecule has 1 N–H and O–H groups in total. The predicted octanol–water partition coefficient (Wildman–Crippen LogP) is -0.762. The summed E-state index contributed by atoms with van der Waals surface area (Å²) in [6, 6.07) is 0. The second-order valence-electron chi connectivity index (χ2n) is 2.19. The second-order valence-corrected chi connectivity index (χ2v) is 2.19. The van der Waals surface area contributed by atoms with Crippen LogP contribution in [0.1, 0.15) is 12.8 Å². The standard InChI is InChI=1S/C6H7NO3/c8-3-4-1-2-5(9)7-6(4)10/h3-4H,1-2H2,(H,7,9,10). The van der Waals surface area contributed by atoms with Crippen molar-refractivity contribution in [2.45, 2.75) is 12.8 Å². The second kappa shape index (κ2) is 2.60. The third-order valence-corrected chi connectivity index (χ3v) is 1.45. The number of imide groups is 1. The van der Waals surface area contributed by atoms with Crippen LogP contribution in [-0.2, 0) is 14.4 Å². The van der Waals surface area contributed by atoms with E-state index in [1.54, 1.807) is 0 Å². The predicted molar refractivity (Wildman–Crippen MR) is 31.9 cm³/mol. The molecule has 4 heteroatoms. The third-order valence-electron chi connectivity index (χ3n) is 1.45. The molecule has 1 aliphatic heterocycles. The van der Waals surface area contributed by atoms with Crippen LogP contribution < -0.4 is 5.32 Å². The summed E-state index contributed by atoms with van der Waals surface area (Å²) >= 11 is 0. The fraction of sp³-hybridized carbons (Fsp3) is 0.500. The number of hydrogen-bond donors (Lipinski definition) is 1. The highest BCUT2D eigenvalue weighted by Gasteiger charge is 2.25. The molecule has 0 aromatic heterocycles. The van der Waals surface area contributed by atoms with Crippen LogP contribution in [0.25, 0.3) is 0 Å². The van der Waals surface area contributed by atoms with Crippen molar-refractivity contribution in [1.82, 2.24) is 5.32 Å². The van der Waals surface area contributed by atoms with E-state index in [1.807, 2.05) is 0 Å². The van der Waals surface area contributed by atoms with E-state index in [1.165, 1.54) is 0 Å². The summed E-state index contributed by atoms with van der Waals surface area (Å²) in [5.41, 5.74) is 0. The number of carbonyl (C=O) groups excluding carboxylic acids is 3. The fourth-order valence-corrected chi connectivity index (χ4v) is 0.840. The minimum absolute atomic E-state index is 0.273. The first kappa shape index (κ1) is 6.92. The van der Waals surface area contributed by atoms with E-state index in [9.17, 15) is 14.4 Å². The Kier molecular flexibility index (Phi) is 1.80. The average Bonchev–Trinajstić information content (AvgIpc) is 1.88. The van der Waals surface area contributed by atoms with Crippen LogP contribution in [0.3, 0.4) is 0 Å². The summed E-state index contributed by atoms with van der Waals surface area (Å²) in [4.78, 5) is 31.3. The maximum Gasteiger partial charge on any atom is 0.236 e. The first-order chi connectivity index (χ1) is 4.74. The zero-order chi connectivity index (χ0) is 7.56. The molecule has 0 spiro atoms. The van der Waals surface area contributed by atoms with Crippen molar-refractivity contribution in [3.8, 4) is 0 Å². The monoisotopic (exact) mass is 141 g/mol. The molecule has 0 saturated carbocycles. The van der Waals surface area contributed by atoms with Gasteiger partial charge in [0.1, 0.15) is 6.29 Å². The lowest BCUT2D eigenvalue weighted by molar-refractivity contribution is -0.137. The van der Waals surface area contributed by atoms with Crippen molar-refractivity contribution in [3.05, 3.63) is 0 Å². The number of amides is 2. The van der Waals surface area contributed by atoms with Gasteiger partial charge in [-0.3, -0.25) is 14.9 Å². The van der Waals surface area contributed by atoms with Gasteiger partial charge in [-0.15, -0.1) is 0 Å². The number of hydrogen-bond acceptors (Lipinski definition) is 3. The summed E-state index contributed by atoms with van der Waals surface area (Å²) in [6.45, 7) is 0. The van der Waals surface area contributed by atoms with Crippen LogP contribution in [-0.4, -0.2) is 18.1 Å². The molecule has 1 unspecified atom stereocenters. The summed E-state index contributed by atoms with van der Waals surface area (Å²) < 4.78 is 0. The molecule has 0 aromatic carbocycles. The Morgan fingerprint density at radius 3 is 2.70 bits per heavy atom. The number of piperidine rings is 1. The molecule has 1 saturated heterocycles. The molecule has 1 rings (SSSR count).